The Hall–Kier alpha value is -4.37. The normalized spacial score (nSPS) is 16.2. The number of benzene rings is 3. The van der Waals surface area contributed by atoms with Crippen molar-refractivity contribution in [3.05, 3.63) is 108 Å². The largest absolute Gasteiger partial charge is 0.493 e. The third-order valence-corrected chi connectivity index (χ3v) is 8.57. The average Bonchev–Trinajstić information content (AvgIpc) is 3.18. The van der Waals surface area contributed by atoms with Crippen molar-refractivity contribution in [3.63, 3.8) is 0 Å². The molecule has 1 atom stereocenters. The Labute approximate surface area is 240 Å². The molecule has 0 saturated heterocycles. The smallest absolute Gasteiger partial charge is 0.271 e. The number of thiazole rings is 1. The van der Waals surface area contributed by atoms with Crippen LogP contribution in [0.15, 0.2) is 70.0 Å². The number of fused-ring (bicyclic) bond motifs is 3. The van der Waals surface area contributed by atoms with Gasteiger partial charge in [0.05, 0.1) is 44.7 Å². The Bertz CT molecular complexity index is 1870. The molecule has 0 spiro atoms. The lowest BCUT2D eigenvalue weighted by molar-refractivity contribution is 0.354. The standard InChI is InChI=1S/C32H29FN2O5S/c1-37-24-12-8-18(14-26(24)39-3)15-28-31(36)35-30(20-10-13-25(38-2)27(16-20)40-4)22-7-5-6-19-9-11-21(33)17-23(19)29(22)34-32(35)41-28/h8-17,30H,5-7H2,1-4H3/b28-15+. The van der Waals surface area contributed by atoms with Crippen molar-refractivity contribution in [1.82, 2.24) is 4.57 Å². The van der Waals surface area contributed by atoms with E-state index in [1.54, 1.807) is 39.1 Å². The number of aromatic nitrogens is 1. The molecule has 7 nitrogen and oxygen atoms in total. The van der Waals surface area contributed by atoms with Crippen LogP contribution in [0.1, 0.15) is 41.1 Å². The predicted octanol–water partition coefficient (Wildman–Crippen LogP) is 4.88. The minimum absolute atomic E-state index is 0.154. The summed E-state index contributed by atoms with van der Waals surface area (Å²) in [4.78, 5) is 19.7. The Morgan fingerprint density at radius 1 is 0.878 bits per heavy atom. The molecule has 0 amide bonds. The monoisotopic (exact) mass is 572 g/mol. The van der Waals surface area contributed by atoms with E-state index in [1.807, 2.05) is 48.5 Å². The molecule has 4 aromatic rings. The van der Waals surface area contributed by atoms with Crippen LogP contribution in [-0.2, 0) is 6.42 Å². The summed E-state index contributed by atoms with van der Waals surface area (Å²) in [5, 5.41) is 0. The fourth-order valence-corrected chi connectivity index (χ4v) is 6.66. The summed E-state index contributed by atoms with van der Waals surface area (Å²) in [5.74, 6) is 2.03. The molecule has 1 aliphatic carbocycles. The zero-order valence-electron chi connectivity index (χ0n) is 23.2. The molecule has 2 aliphatic rings. The first-order chi connectivity index (χ1) is 19.9. The Balaban J connectivity index is 1.62. The molecule has 210 valence electrons. The SMILES string of the molecule is COc1ccc(/C=c2/sc3n(c2=O)C(c2ccc(OC)c(OC)c2)C2=C(N=3)c3cc(F)ccc3CCC2)cc1OC. The number of ether oxygens (including phenoxy) is 4. The van der Waals surface area contributed by atoms with E-state index in [9.17, 15) is 9.18 Å². The van der Waals surface area contributed by atoms with Crippen molar-refractivity contribution in [1.29, 1.82) is 0 Å². The van der Waals surface area contributed by atoms with Crippen molar-refractivity contribution in [2.75, 3.05) is 28.4 Å². The number of rotatable bonds is 6. The lowest BCUT2D eigenvalue weighted by Crippen LogP contribution is -2.38. The summed E-state index contributed by atoms with van der Waals surface area (Å²) in [6, 6.07) is 15.7. The van der Waals surface area contributed by atoms with Gasteiger partial charge in [0.1, 0.15) is 5.82 Å². The second kappa shape index (κ2) is 10.9. The van der Waals surface area contributed by atoms with E-state index < -0.39 is 6.04 Å². The van der Waals surface area contributed by atoms with E-state index >= 15 is 0 Å². The molecule has 0 radical (unpaired) electrons. The number of allylic oxidation sites excluding steroid dienone is 1. The summed E-state index contributed by atoms with van der Waals surface area (Å²) >= 11 is 1.31. The maximum atomic E-state index is 14.5. The van der Waals surface area contributed by atoms with Crippen molar-refractivity contribution >= 4 is 23.1 Å². The lowest BCUT2D eigenvalue weighted by Gasteiger charge is -2.27. The molecule has 1 unspecified atom stereocenters. The number of hydrogen-bond donors (Lipinski definition) is 0. The number of nitrogens with zero attached hydrogens (tertiary/aromatic N) is 2. The van der Waals surface area contributed by atoms with E-state index in [4.69, 9.17) is 23.9 Å². The molecular formula is C32H29FN2O5S. The van der Waals surface area contributed by atoms with Gasteiger partial charge in [-0.1, -0.05) is 29.5 Å². The highest BCUT2D eigenvalue weighted by molar-refractivity contribution is 7.07. The number of aryl methyl sites for hydroxylation is 1. The minimum atomic E-state index is -0.442. The topological polar surface area (TPSA) is 71.3 Å². The van der Waals surface area contributed by atoms with Crippen LogP contribution < -0.4 is 33.8 Å². The van der Waals surface area contributed by atoms with E-state index in [2.05, 4.69) is 0 Å². The molecule has 0 saturated carbocycles. The van der Waals surface area contributed by atoms with Crippen LogP contribution in [-0.4, -0.2) is 33.0 Å². The molecule has 3 aromatic carbocycles. The zero-order chi connectivity index (χ0) is 28.7. The third kappa shape index (κ3) is 4.70. The van der Waals surface area contributed by atoms with E-state index in [-0.39, 0.29) is 11.4 Å². The van der Waals surface area contributed by atoms with Crippen LogP contribution >= 0.6 is 11.3 Å². The van der Waals surface area contributed by atoms with E-state index in [0.29, 0.717) is 38.8 Å². The fourth-order valence-electron chi connectivity index (χ4n) is 5.66. The Kier molecular flexibility index (Phi) is 7.13. The van der Waals surface area contributed by atoms with Gasteiger partial charge in [-0.25, -0.2) is 9.38 Å². The van der Waals surface area contributed by atoms with Gasteiger partial charge in [0.25, 0.3) is 5.56 Å². The second-order valence-corrected chi connectivity index (χ2v) is 10.8. The van der Waals surface area contributed by atoms with Gasteiger partial charge in [0, 0.05) is 5.56 Å². The molecule has 1 aromatic heterocycles. The molecule has 2 heterocycles. The van der Waals surface area contributed by atoms with Crippen molar-refractivity contribution in [2.24, 2.45) is 4.99 Å². The predicted molar refractivity (Wildman–Crippen MR) is 156 cm³/mol. The van der Waals surface area contributed by atoms with Gasteiger partial charge in [-0.3, -0.25) is 9.36 Å². The molecule has 0 fully saturated rings. The molecule has 1 aliphatic heterocycles. The highest BCUT2D eigenvalue weighted by atomic mass is 32.1. The van der Waals surface area contributed by atoms with Gasteiger partial charge in [-0.15, -0.1) is 0 Å². The third-order valence-electron chi connectivity index (χ3n) is 7.58. The first-order valence-corrected chi connectivity index (χ1v) is 14.0. The highest BCUT2D eigenvalue weighted by Crippen LogP contribution is 2.42. The van der Waals surface area contributed by atoms with Crippen LogP contribution in [0.4, 0.5) is 4.39 Å². The molecule has 0 N–H and O–H groups in total. The lowest BCUT2D eigenvalue weighted by atomic mass is 9.91. The second-order valence-electron chi connectivity index (χ2n) is 9.84. The number of methoxy groups -OCH3 is 4. The van der Waals surface area contributed by atoms with Crippen LogP contribution in [0.25, 0.3) is 11.8 Å². The Morgan fingerprint density at radius 3 is 2.32 bits per heavy atom. The maximum Gasteiger partial charge on any atom is 0.271 e. The molecule has 6 rings (SSSR count). The summed E-state index contributed by atoms with van der Waals surface area (Å²) in [5.41, 5.74) is 5.05. The Morgan fingerprint density at radius 2 is 1.59 bits per heavy atom. The van der Waals surface area contributed by atoms with Crippen LogP contribution in [0.2, 0.25) is 0 Å². The van der Waals surface area contributed by atoms with Crippen LogP contribution in [0.3, 0.4) is 0 Å². The van der Waals surface area contributed by atoms with Gasteiger partial charge in [-0.2, -0.15) is 0 Å². The van der Waals surface area contributed by atoms with Crippen molar-refractivity contribution < 1.29 is 23.3 Å². The molecule has 41 heavy (non-hydrogen) atoms. The van der Waals surface area contributed by atoms with Crippen LogP contribution in [0.5, 0.6) is 23.0 Å². The summed E-state index contributed by atoms with van der Waals surface area (Å²) in [6.45, 7) is 0. The fraction of sp³-hybridized carbons (Fsp3) is 0.250. The first-order valence-electron chi connectivity index (χ1n) is 13.2. The van der Waals surface area contributed by atoms with Gasteiger partial charge in [0.15, 0.2) is 27.8 Å². The maximum absolute atomic E-state index is 14.5. The number of hydrogen-bond acceptors (Lipinski definition) is 7. The first kappa shape index (κ1) is 26.8. The van der Waals surface area contributed by atoms with Gasteiger partial charge >= 0.3 is 0 Å². The number of halogens is 1. The summed E-state index contributed by atoms with van der Waals surface area (Å²) in [7, 11) is 6.34. The van der Waals surface area contributed by atoms with Crippen molar-refractivity contribution in [3.8, 4) is 23.0 Å². The van der Waals surface area contributed by atoms with Gasteiger partial charge in [-0.05, 0) is 84.0 Å². The van der Waals surface area contributed by atoms with E-state index in [1.165, 1.54) is 17.4 Å². The molecule has 0 bridgehead atoms. The van der Waals surface area contributed by atoms with Crippen LogP contribution in [0, 0.1) is 5.82 Å². The van der Waals surface area contributed by atoms with Gasteiger partial charge < -0.3 is 18.9 Å². The highest BCUT2D eigenvalue weighted by Gasteiger charge is 2.32. The minimum Gasteiger partial charge on any atom is -0.493 e. The molecule has 9 heteroatoms. The summed E-state index contributed by atoms with van der Waals surface area (Å²) in [6.07, 6.45) is 4.21. The van der Waals surface area contributed by atoms with Gasteiger partial charge in [0.2, 0.25) is 0 Å². The molecular weight excluding hydrogens is 543 g/mol. The quantitative estimate of drug-likeness (QED) is 0.329. The van der Waals surface area contributed by atoms with Crippen molar-refractivity contribution in [2.45, 2.75) is 25.3 Å². The zero-order valence-corrected chi connectivity index (χ0v) is 24.0. The summed E-state index contributed by atoms with van der Waals surface area (Å²) < 4.78 is 38.7. The van der Waals surface area contributed by atoms with E-state index in [0.717, 1.165) is 46.4 Å². The average molecular weight is 573 g/mol.